The van der Waals surface area contributed by atoms with Gasteiger partial charge in [-0.25, -0.2) is 4.98 Å². The highest BCUT2D eigenvalue weighted by Crippen LogP contribution is 2.21. The second-order valence-electron chi connectivity index (χ2n) is 3.29. The Labute approximate surface area is 104 Å². The van der Waals surface area contributed by atoms with Crippen molar-refractivity contribution in [3.8, 4) is 0 Å². The maximum absolute atomic E-state index is 4.24. The fraction of sp³-hybridized carbons (Fsp3) is 0.250. The third kappa shape index (κ3) is 3.25. The molecule has 0 radical (unpaired) electrons. The number of hydrogen-bond acceptors (Lipinski definition) is 4. The SMILES string of the molecule is CCSc1cccc(NCc2cscn2)c1. The normalized spacial score (nSPS) is 10.3. The molecule has 1 aromatic heterocycles. The van der Waals surface area contributed by atoms with Gasteiger partial charge in [-0.05, 0) is 24.0 Å². The van der Waals surface area contributed by atoms with Crippen LogP contribution in [-0.4, -0.2) is 10.7 Å². The molecule has 2 rings (SSSR count). The molecule has 1 aromatic carbocycles. The summed E-state index contributed by atoms with van der Waals surface area (Å²) in [4.78, 5) is 5.55. The summed E-state index contributed by atoms with van der Waals surface area (Å²) < 4.78 is 0. The molecule has 0 spiro atoms. The van der Waals surface area contributed by atoms with Crippen LogP contribution in [0, 0.1) is 0 Å². The van der Waals surface area contributed by atoms with E-state index in [4.69, 9.17) is 0 Å². The van der Waals surface area contributed by atoms with Crippen molar-refractivity contribution in [3.63, 3.8) is 0 Å². The minimum absolute atomic E-state index is 0.795. The van der Waals surface area contributed by atoms with Crippen LogP contribution in [0.25, 0.3) is 0 Å². The molecule has 0 bridgehead atoms. The van der Waals surface area contributed by atoms with Crippen molar-refractivity contribution in [3.05, 3.63) is 40.8 Å². The largest absolute Gasteiger partial charge is 0.379 e. The Kier molecular flexibility index (Phi) is 4.25. The van der Waals surface area contributed by atoms with Gasteiger partial charge in [-0.1, -0.05) is 13.0 Å². The van der Waals surface area contributed by atoms with Crippen LogP contribution in [0.2, 0.25) is 0 Å². The summed E-state index contributed by atoms with van der Waals surface area (Å²) in [5, 5.41) is 5.44. The van der Waals surface area contributed by atoms with Crippen molar-refractivity contribution in [2.45, 2.75) is 18.4 Å². The van der Waals surface area contributed by atoms with Gasteiger partial charge in [0.25, 0.3) is 0 Å². The number of thiazole rings is 1. The highest BCUT2D eigenvalue weighted by molar-refractivity contribution is 7.99. The Morgan fingerprint density at radius 3 is 3.12 bits per heavy atom. The van der Waals surface area contributed by atoms with Crippen LogP contribution in [0.3, 0.4) is 0 Å². The van der Waals surface area contributed by atoms with Gasteiger partial charge in [0.2, 0.25) is 0 Å². The monoisotopic (exact) mass is 250 g/mol. The Morgan fingerprint density at radius 1 is 1.44 bits per heavy atom. The first-order chi connectivity index (χ1) is 7.88. The molecule has 4 heteroatoms. The van der Waals surface area contributed by atoms with Gasteiger partial charge in [0.05, 0.1) is 17.7 Å². The van der Waals surface area contributed by atoms with Crippen LogP contribution in [-0.2, 0) is 6.54 Å². The molecule has 16 heavy (non-hydrogen) atoms. The van der Waals surface area contributed by atoms with Gasteiger partial charge in [0, 0.05) is 16.0 Å². The molecule has 0 saturated heterocycles. The van der Waals surface area contributed by atoms with Gasteiger partial charge in [-0.2, -0.15) is 0 Å². The molecule has 2 aromatic rings. The molecule has 0 unspecified atom stereocenters. The van der Waals surface area contributed by atoms with Crippen molar-refractivity contribution in [2.24, 2.45) is 0 Å². The van der Waals surface area contributed by atoms with E-state index in [1.807, 2.05) is 17.3 Å². The first-order valence-corrected chi connectivity index (χ1v) is 7.15. The third-order valence-electron chi connectivity index (χ3n) is 2.10. The number of nitrogens with zero attached hydrogens (tertiary/aromatic N) is 1. The zero-order valence-corrected chi connectivity index (χ0v) is 10.8. The molecule has 0 saturated carbocycles. The molecule has 0 aliphatic rings. The molecule has 0 atom stereocenters. The summed E-state index contributed by atoms with van der Waals surface area (Å²) in [6, 6.07) is 8.50. The third-order valence-corrected chi connectivity index (χ3v) is 3.61. The van der Waals surface area contributed by atoms with Crippen LogP contribution in [0.15, 0.2) is 40.1 Å². The Bertz CT molecular complexity index is 426. The van der Waals surface area contributed by atoms with Crippen molar-refractivity contribution < 1.29 is 0 Å². The first kappa shape index (κ1) is 11.5. The zero-order valence-electron chi connectivity index (χ0n) is 9.14. The lowest BCUT2D eigenvalue weighted by Gasteiger charge is -2.06. The van der Waals surface area contributed by atoms with Crippen LogP contribution in [0.5, 0.6) is 0 Å². The fourth-order valence-electron chi connectivity index (χ4n) is 1.38. The van der Waals surface area contributed by atoms with Crippen LogP contribution >= 0.6 is 23.1 Å². The van der Waals surface area contributed by atoms with Crippen LogP contribution in [0.1, 0.15) is 12.6 Å². The highest BCUT2D eigenvalue weighted by Gasteiger charge is 1.97. The van der Waals surface area contributed by atoms with E-state index in [0.29, 0.717) is 0 Å². The molecule has 84 valence electrons. The number of aromatic nitrogens is 1. The molecule has 0 aliphatic carbocycles. The minimum Gasteiger partial charge on any atom is -0.379 e. The lowest BCUT2D eigenvalue weighted by Crippen LogP contribution is -1.99. The quantitative estimate of drug-likeness (QED) is 0.815. The summed E-state index contributed by atoms with van der Waals surface area (Å²) in [5.41, 5.74) is 4.12. The maximum Gasteiger partial charge on any atom is 0.0795 e. The number of anilines is 1. The molecule has 1 heterocycles. The van der Waals surface area contributed by atoms with Crippen molar-refractivity contribution >= 4 is 28.8 Å². The topological polar surface area (TPSA) is 24.9 Å². The average molecular weight is 250 g/mol. The summed E-state index contributed by atoms with van der Waals surface area (Å²) in [7, 11) is 0. The van der Waals surface area contributed by atoms with E-state index in [2.05, 4.69) is 46.9 Å². The predicted molar refractivity (Wildman–Crippen MR) is 72.3 cm³/mol. The van der Waals surface area contributed by atoms with Gasteiger partial charge in [0.1, 0.15) is 0 Å². The van der Waals surface area contributed by atoms with Crippen molar-refractivity contribution in [1.82, 2.24) is 4.98 Å². The predicted octanol–water partition coefficient (Wildman–Crippen LogP) is 3.87. The summed E-state index contributed by atoms with van der Waals surface area (Å²) >= 11 is 3.49. The van der Waals surface area contributed by atoms with E-state index < -0.39 is 0 Å². The summed E-state index contributed by atoms with van der Waals surface area (Å²) in [5.74, 6) is 1.11. The van der Waals surface area contributed by atoms with E-state index >= 15 is 0 Å². The van der Waals surface area contributed by atoms with E-state index in [1.165, 1.54) is 4.90 Å². The lowest BCUT2D eigenvalue weighted by atomic mass is 10.3. The number of benzene rings is 1. The minimum atomic E-state index is 0.795. The van der Waals surface area contributed by atoms with Gasteiger partial charge in [-0.3, -0.25) is 0 Å². The zero-order chi connectivity index (χ0) is 11.2. The van der Waals surface area contributed by atoms with Gasteiger partial charge >= 0.3 is 0 Å². The molecular formula is C12H14N2S2. The molecule has 0 aliphatic heterocycles. The van der Waals surface area contributed by atoms with E-state index in [-0.39, 0.29) is 0 Å². The van der Waals surface area contributed by atoms with Crippen molar-refractivity contribution in [2.75, 3.05) is 11.1 Å². The molecule has 0 fully saturated rings. The van der Waals surface area contributed by atoms with Gasteiger partial charge in [-0.15, -0.1) is 23.1 Å². The first-order valence-electron chi connectivity index (χ1n) is 5.22. The Hall–Kier alpha value is -1.00. The highest BCUT2D eigenvalue weighted by atomic mass is 32.2. The van der Waals surface area contributed by atoms with Gasteiger partial charge in [0.15, 0.2) is 0 Å². The van der Waals surface area contributed by atoms with Crippen LogP contribution < -0.4 is 5.32 Å². The maximum atomic E-state index is 4.24. The van der Waals surface area contributed by atoms with E-state index in [9.17, 15) is 0 Å². The lowest BCUT2D eigenvalue weighted by molar-refractivity contribution is 1.07. The number of hydrogen-bond donors (Lipinski definition) is 1. The smallest absolute Gasteiger partial charge is 0.0795 e. The van der Waals surface area contributed by atoms with Crippen LogP contribution in [0.4, 0.5) is 5.69 Å². The second kappa shape index (κ2) is 5.92. The van der Waals surface area contributed by atoms with E-state index in [1.54, 1.807) is 11.3 Å². The fourth-order valence-corrected chi connectivity index (χ4v) is 2.66. The Morgan fingerprint density at radius 2 is 2.38 bits per heavy atom. The Balaban J connectivity index is 1.96. The molecule has 2 nitrogen and oxygen atoms in total. The molecule has 1 N–H and O–H groups in total. The van der Waals surface area contributed by atoms with Gasteiger partial charge < -0.3 is 5.32 Å². The van der Waals surface area contributed by atoms with Crippen molar-refractivity contribution in [1.29, 1.82) is 0 Å². The average Bonchev–Trinajstić information content (AvgIpc) is 2.80. The second-order valence-corrected chi connectivity index (χ2v) is 5.35. The standard InChI is InChI=1S/C12H14N2S2/c1-2-16-12-5-3-4-10(6-12)13-7-11-8-15-9-14-11/h3-6,8-9,13H,2,7H2,1H3. The molecule has 0 amide bonds. The summed E-state index contributed by atoms with van der Waals surface area (Å²) in [6.45, 7) is 2.96. The number of nitrogens with one attached hydrogen (secondary N) is 1. The van der Waals surface area contributed by atoms with E-state index in [0.717, 1.165) is 23.7 Å². The summed E-state index contributed by atoms with van der Waals surface area (Å²) in [6.07, 6.45) is 0. The number of rotatable bonds is 5. The molecular weight excluding hydrogens is 236 g/mol. The number of thioether (sulfide) groups is 1.